The maximum atomic E-state index is 11.2. The highest BCUT2D eigenvalue weighted by Crippen LogP contribution is 2.20. The molecule has 2 aromatic rings. The van der Waals surface area contributed by atoms with E-state index in [1.54, 1.807) is 11.6 Å². The van der Waals surface area contributed by atoms with Crippen molar-refractivity contribution in [2.24, 2.45) is 0 Å². The molecule has 4 heteroatoms. The molecular weight excluding hydrogens is 248 g/mol. The molecule has 0 unspecified atom stereocenters. The van der Waals surface area contributed by atoms with Gasteiger partial charge in [0.05, 0.1) is 11.4 Å². The molecule has 94 valence electrons. The van der Waals surface area contributed by atoms with Crippen molar-refractivity contribution in [2.75, 3.05) is 0 Å². The van der Waals surface area contributed by atoms with Crippen molar-refractivity contribution in [1.82, 2.24) is 9.78 Å². The first-order valence-electron chi connectivity index (χ1n) is 5.78. The molecule has 2 rings (SSSR count). The first kappa shape index (κ1) is 12.8. The van der Waals surface area contributed by atoms with Crippen LogP contribution in [-0.4, -0.2) is 15.6 Å². The second-order valence-corrected chi connectivity index (χ2v) is 4.90. The molecule has 0 spiro atoms. The van der Waals surface area contributed by atoms with Crippen LogP contribution in [0.3, 0.4) is 0 Å². The lowest BCUT2D eigenvalue weighted by Gasteiger charge is -2.03. The Balaban J connectivity index is 2.39. The molecule has 0 saturated heterocycles. The van der Waals surface area contributed by atoms with Crippen molar-refractivity contribution in [1.29, 1.82) is 0 Å². The van der Waals surface area contributed by atoms with Gasteiger partial charge in [-0.05, 0) is 38.5 Å². The number of aromatic nitrogens is 2. The van der Waals surface area contributed by atoms with Gasteiger partial charge >= 0.3 is 0 Å². The van der Waals surface area contributed by atoms with Crippen molar-refractivity contribution in [3.05, 3.63) is 46.2 Å². The van der Waals surface area contributed by atoms with Crippen molar-refractivity contribution in [2.45, 2.75) is 27.2 Å². The topological polar surface area (TPSA) is 34.9 Å². The lowest BCUT2D eigenvalue weighted by atomic mass is 10.1. The first-order chi connectivity index (χ1) is 8.47. The van der Waals surface area contributed by atoms with Gasteiger partial charge in [-0.2, -0.15) is 5.10 Å². The zero-order valence-electron chi connectivity index (χ0n) is 10.7. The van der Waals surface area contributed by atoms with Crippen molar-refractivity contribution in [3.63, 3.8) is 0 Å². The summed E-state index contributed by atoms with van der Waals surface area (Å²) in [5.41, 5.74) is 3.78. The van der Waals surface area contributed by atoms with Crippen LogP contribution in [0.25, 0.3) is 5.69 Å². The van der Waals surface area contributed by atoms with Crippen LogP contribution in [-0.2, 0) is 11.2 Å². The van der Waals surface area contributed by atoms with E-state index in [1.807, 2.05) is 38.2 Å². The number of ketones is 1. The third-order valence-corrected chi connectivity index (χ3v) is 3.27. The second kappa shape index (κ2) is 4.94. The quantitative estimate of drug-likeness (QED) is 0.851. The molecule has 0 amide bonds. The minimum Gasteiger partial charge on any atom is -0.300 e. The number of nitrogens with zero attached hydrogens (tertiary/aromatic N) is 2. The molecule has 0 aliphatic heterocycles. The molecule has 0 atom stereocenters. The van der Waals surface area contributed by atoms with Gasteiger partial charge in [-0.1, -0.05) is 17.7 Å². The standard InChI is InChI=1S/C14H15ClN2O/c1-9-4-5-13(7-14(9)15)17-8-12(6-10(2)18)11(3)16-17/h4-5,7-8H,6H2,1-3H3. The van der Waals surface area contributed by atoms with Crippen molar-refractivity contribution < 1.29 is 4.79 Å². The van der Waals surface area contributed by atoms with Gasteiger partial charge in [0.1, 0.15) is 5.78 Å². The fourth-order valence-electron chi connectivity index (χ4n) is 1.79. The maximum absolute atomic E-state index is 11.2. The zero-order valence-corrected chi connectivity index (χ0v) is 11.5. The Hall–Kier alpha value is -1.61. The molecule has 0 bridgehead atoms. The Morgan fingerprint density at radius 1 is 1.39 bits per heavy atom. The smallest absolute Gasteiger partial charge is 0.134 e. The molecule has 1 aromatic heterocycles. The lowest BCUT2D eigenvalue weighted by Crippen LogP contribution is -1.96. The summed E-state index contributed by atoms with van der Waals surface area (Å²) < 4.78 is 1.76. The van der Waals surface area contributed by atoms with Crippen LogP contribution >= 0.6 is 11.6 Å². The molecule has 0 radical (unpaired) electrons. The molecule has 0 saturated carbocycles. The van der Waals surface area contributed by atoms with Gasteiger partial charge < -0.3 is 0 Å². The average molecular weight is 263 g/mol. The number of halogens is 1. The first-order valence-corrected chi connectivity index (χ1v) is 6.16. The Morgan fingerprint density at radius 3 is 2.72 bits per heavy atom. The van der Waals surface area contributed by atoms with Gasteiger partial charge in [0.2, 0.25) is 0 Å². The van der Waals surface area contributed by atoms with E-state index in [0.717, 1.165) is 22.5 Å². The molecule has 0 aliphatic carbocycles. The number of hydrogen-bond acceptors (Lipinski definition) is 2. The predicted molar refractivity (Wildman–Crippen MR) is 72.4 cm³/mol. The Bertz CT molecular complexity index is 602. The van der Waals surface area contributed by atoms with E-state index in [9.17, 15) is 4.79 Å². The molecular formula is C14H15ClN2O. The van der Waals surface area contributed by atoms with E-state index in [0.29, 0.717) is 11.4 Å². The number of benzene rings is 1. The number of hydrogen-bond donors (Lipinski definition) is 0. The van der Waals surface area contributed by atoms with E-state index in [2.05, 4.69) is 5.10 Å². The van der Waals surface area contributed by atoms with Gasteiger partial charge in [0, 0.05) is 23.2 Å². The number of aryl methyl sites for hydroxylation is 2. The normalized spacial score (nSPS) is 10.7. The molecule has 18 heavy (non-hydrogen) atoms. The second-order valence-electron chi connectivity index (χ2n) is 4.50. The summed E-state index contributed by atoms with van der Waals surface area (Å²) in [6, 6.07) is 5.80. The van der Waals surface area contributed by atoms with Crippen LogP contribution < -0.4 is 0 Å². The highest BCUT2D eigenvalue weighted by molar-refractivity contribution is 6.31. The van der Waals surface area contributed by atoms with Gasteiger partial charge in [-0.3, -0.25) is 4.79 Å². The number of Topliss-reactive ketones (excluding diaryl/α,β-unsaturated/α-hetero) is 1. The lowest BCUT2D eigenvalue weighted by molar-refractivity contribution is -0.116. The number of carbonyl (C=O) groups excluding carboxylic acids is 1. The monoisotopic (exact) mass is 262 g/mol. The molecule has 1 aromatic carbocycles. The van der Waals surface area contributed by atoms with Crippen LogP contribution in [0.2, 0.25) is 5.02 Å². The highest BCUT2D eigenvalue weighted by atomic mass is 35.5. The van der Waals surface area contributed by atoms with E-state index in [1.165, 1.54) is 0 Å². The summed E-state index contributed by atoms with van der Waals surface area (Å²) in [4.78, 5) is 11.2. The fourth-order valence-corrected chi connectivity index (χ4v) is 1.97. The molecule has 0 aliphatic rings. The highest BCUT2D eigenvalue weighted by Gasteiger charge is 2.09. The Morgan fingerprint density at radius 2 is 2.11 bits per heavy atom. The summed E-state index contributed by atoms with van der Waals surface area (Å²) in [5, 5.41) is 5.13. The van der Waals surface area contributed by atoms with E-state index < -0.39 is 0 Å². The van der Waals surface area contributed by atoms with Crippen LogP contribution in [0.15, 0.2) is 24.4 Å². The van der Waals surface area contributed by atoms with Crippen LogP contribution in [0, 0.1) is 13.8 Å². The van der Waals surface area contributed by atoms with E-state index in [4.69, 9.17) is 11.6 Å². The summed E-state index contributed by atoms with van der Waals surface area (Å²) in [6.07, 6.45) is 2.31. The average Bonchev–Trinajstić information content (AvgIpc) is 2.63. The van der Waals surface area contributed by atoms with Crippen LogP contribution in [0.4, 0.5) is 0 Å². The molecule has 3 nitrogen and oxygen atoms in total. The summed E-state index contributed by atoms with van der Waals surface area (Å²) in [7, 11) is 0. The summed E-state index contributed by atoms with van der Waals surface area (Å²) in [5.74, 6) is 0.139. The van der Waals surface area contributed by atoms with Crippen molar-refractivity contribution in [3.8, 4) is 5.69 Å². The molecule has 0 N–H and O–H groups in total. The van der Waals surface area contributed by atoms with E-state index in [-0.39, 0.29) is 5.78 Å². The molecule has 1 heterocycles. The van der Waals surface area contributed by atoms with Gasteiger partial charge in [0.15, 0.2) is 0 Å². The third kappa shape index (κ3) is 2.62. The van der Waals surface area contributed by atoms with Gasteiger partial charge in [0.25, 0.3) is 0 Å². The minimum atomic E-state index is 0.139. The number of rotatable bonds is 3. The predicted octanol–water partition coefficient (Wildman–Crippen LogP) is 3.27. The number of carbonyl (C=O) groups is 1. The summed E-state index contributed by atoms with van der Waals surface area (Å²) >= 11 is 6.10. The SMILES string of the molecule is CC(=O)Cc1cn(-c2ccc(C)c(Cl)c2)nc1C. The van der Waals surface area contributed by atoms with Gasteiger partial charge in [-0.25, -0.2) is 4.68 Å². The van der Waals surface area contributed by atoms with Crippen LogP contribution in [0.5, 0.6) is 0 Å². The molecule has 0 fully saturated rings. The summed E-state index contributed by atoms with van der Waals surface area (Å²) in [6.45, 7) is 5.45. The largest absolute Gasteiger partial charge is 0.300 e. The zero-order chi connectivity index (χ0) is 13.3. The van der Waals surface area contributed by atoms with Crippen LogP contribution in [0.1, 0.15) is 23.7 Å². The third-order valence-electron chi connectivity index (χ3n) is 2.86. The Kier molecular flexibility index (Phi) is 3.53. The minimum absolute atomic E-state index is 0.139. The maximum Gasteiger partial charge on any atom is 0.134 e. The Labute approximate surface area is 111 Å². The van der Waals surface area contributed by atoms with E-state index >= 15 is 0 Å². The van der Waals surface area contributed by atoms with Gasteiger partial charge in [-0.15, -0.1) is 0 Å². The van der Waals surface area contributed by atoms with Crippen molar-refractivity contribution >= 4 is 17.4 Å². The fraction of sp³-hybridized carbons (Fsp3) is 0.286.